The van der Waals surface area contributed by atoms with E-state index in [1.54, 1.807) is 0 Å². The van der Waals surface area contributed by atoms with Crippen LogP contribution in [0.5, 0.6) is 0 Å². The molecule has 1 rings (SSSR count). The maximum absolute atomic E-state index is 4.28. The molecule has 1 fully saturated rings. The van der Waals surface area contributed by atoms with Crippen molar-refractivity contribution in [1.29, 1.82) is 0 Å². The van der Waals surface area contributed by atoms with E-state index in [-0.39, 0.29) is 0 Å². The lowest BCUT2D eigenvalue weighted by molar-refractivity contribution is 0.278. The van der Waals surface area contributed by atoms with Gasteiger partial charge in [-0.3, -0.25) is 0 Å². The zero-order chi connectivity index (χ0) is 13.5. The molecule has 1 N–H and O–H groups in total. The summed E-state index contributed by atoms with van der Waals surface area (Å²) in [7, 11) is 0. The van der Waals surface area contributed by atoms with Gasteiger partial charge in [0, 0.05) is 6.04 Å². The topological polar surface area (TPSA) is 12.0 Å². The Kier molecular flexibility index (Phi) is 6.70. The molecule has 1 aliphatic heterocycles. The molecular weight excluding hydrogens is 218 g/mol. The third kappa shape index (κ3) is 4.28. The average molecular weight is 249 g/mol. The van der Waals surface area contributed by atoms with Gasteiger partial charge in [-0.1, -0.05) is 45.9 Å². The summed E-state index contributed by atoms with van der Waals surface area (Å²) in [5.41, 5.74) is 2.89. The number of piperidine rings is 1. The van der Waals surface area contributed by atoms with Crippen LogP contribution in [-0.2, 0) is 0 Å². The van der Waals surface area contributed by atoms with Gasteiger partial charge in [-0.15, -0.1) is 0 Å². The van der Waals surface area contributed by atoms with E-state index in [9.17, 15) is 0 Å². The second-order valence-electron chi connectivity index (χ2n) is 5.96. The highest BCUT2D eigenvalue weighted by Crippen LogP contribution is 2.33. The Morgan fingerprint density at radius 1 is 1.39 bits per heavy atom. The fraction of sp³-hybridized carbons (Fsp3) is 0.765. The van der Waals surface area contributed by atoms with Crippen LogP contribution in [-0.4, -0.2) is 12.6 Å². The third-order valence-corrected chi connectivity index (χ3v) is 3.97. The van der Waals surface area contributed by atoms with Crippen molar-refractivity contribution in [3.05, 3.63) is 23.8 Å². The maximum Gasteiger partial charge on any atom is 0.0138 e. The summed E-state index contributed by atoms with van der Waals surface area (Å²) in [6, 6.07) is 0.653. The zero-order valence-corrected chi connectivity index (χ0v) is 12.8. The van der Waals surface area contributed by atoms with Gasteiger partial charge >= 0.3 is 0 Å². The second-order valence-corrected chi connectivity index (χ2v) is 5.96. The molecular formula is C17H31N. The lowest BCUT2D eigenvalue weighted by atomic mass is 9.77. The first-order valence-electron chi connectivity index (χ1n) is 7.71. The molecule has 0 amide bonds. The van der Waals surface area contributed by atoms with E-state index in [0.717, 1.165) is 18.8 Å². The largest absolute Gasteiger partial charge is 0.313 e. The highest BCUT2D eigenvalue weighted by Gasteiger charge is 2.28. The van der Waals surface area contributed by atoms with Gasteiger partial charge in [0.15, 0.2) is 0 Å². The minimum atomic E-state index is 0.653. The monoisotopic (exact) mass is 249 g/mol. The van der Waals surface area contributed by atoms with Crippen molar-refractivity contribution in [1.82, 2.24) is 5.32 Å². The molecule has 0 aromatic carbocycles. The molecule has 0 radical (unpaired) electrons. The van der Waals surface area contributed by atoms with E-state index in [4.69, 9.17) is 0 Å². The van der Waals surface area contributed by atoms with Gasteiger partial charge < -0.3 is 5.32 Å². The van der Waals surface area contributed by atoms with Crippen LogP contribution in [0.25, 0.3) is 0 Å². The van der Waals surface area contributed by atoms with Crippen molar-refractivity contribution in [3.63, 3.8) is 0 Å². The van der Waals surface area contributed by atoms with Crippen LogP contribution in [0, 0.1) is 11.8 Å². The normalized spacial score (nSPS) is 25.5. The predicted octanol–water partition coefficient (Wildman–Crippen LogP) is 4.70. The summed E-state index contributed by atoms with van der Waals surface area (Å²) in [6.45, 7) is 14.6. The molecule has 1 saturated heterocycles. The van der Waals surface area contributed by atoms with Crippen LogP contribution >= 0.6 is 0 Å². The van der Waals surface area contributed by atoms with Gasteiger partial charge in [0.05, 0.1) is 0 Å². The fourth-order valence-corrected chi connectivity index (χ4v) is 3.06. The number of nitrogens with one attached hydrogen (secondary N) is 1. The van der Waals surface area contributed by atoms with E-state index in [1.165, 1.54) is 37.0 Å². The lowest BCUT2D eigenvalue weighted by Crippen LogP contribution is -2.43. The van der Waals surface area contributed by atoms with E-state index in [1.807, 2.05) is 0 Å². The Balaban J connectivity index is 2.85. The molecule has 1 aliphatic rings. The first kappa shape index (κ1) is 15.5. The van der Waals surface area contributed by atoms with Crippen molar-refractivity contribution in [3.8, 4) is 0 Å². The van der Waals surface area contributed by atoms with Crippen LogP contribution in [0.2, 0.25) is 0 Å². The molecule has 0 aromatic heterocycles. The van der Waals surface area contributed by atoms with E-state index >= 15 is 0 Å². The van der Waals surface area contributed by atoms with Gasteiger partial charge in [-0.2, -0.15) is 0 Å². The summed E-state index contributed by atoms with van der Waals surface area (Å²) in [5, 5.41) is 3.74. The summed E-state index contributed by atoms with van der Waals surface area (Å²) in [5.74, 6) is 1.45. The highest BCUT2D eigenvalue weighted by atomic mass is 14.9. The summed E-state index contributed by atoms with van der Waals surface area (Å²) in [6.07, 6.45) is 8.53. The first-order valence-corrected chi connectivity index (χ1v) is 7.71. The standard InChI is InChI=1S/C17H31N/c1-6-9-15(14(5)7-2)16-10-8-11-18-17(16)12-13(3)4/h9,13,16-18H,5-8,10-12H2,1-4H3/b15-9+. The Hall–Kier alpha value is -0.560. The van der Waals surface area contributed by atoms with Crippen molar-refractivity contribution in [2.75, 3.05) is 6.54 Å². The second kappa shape index (κ2) is 7.78. The van der Waals surface area contributed by atoms with Crippen LogP contribution in [0.1, 0.15) is 59.8 Å². The quantitative estimate of drug-likeness (QED) is 0.673. The Bertz CT molecular complexity index is 288. The highest BCUT2D eigenvalue weighted by molar-refractivity contribution is 5.32. The molecule has 18 heavy (non-hydrogen) atoms. The molecule has 104 valence electrons. The van der Waals surface area contributed by atoms with E-state index in [0.29, 0.717) is 12.0 Å². The molecule has 0 aromatic rings. The van der Waals surface area contributed by atoms with Crippen molar-refractivity contribution in [2.45, 2.75) is 65.8 Å². The SMILES string of the molecule is C=C(CC)/C(=C\CC)C1CCCNC1CC(C)C. The van der Waals surface area contributed by atoms with Crippen LogP contribution in [0.15, 0.2) is 23.8 Å². The predicted molar refractivity (Wildman–Crippen MR) is 81.8 cm³/mol. The molecule has 2 unspecified atom stereocenters. The summed E-state index contributed by atoms with van der Waals surface area (Å²) >= 11 is 0. The van der Waals surface area contributed by atoms with Gasteiger partial charge in [-0.25, -0.2) is 0 Å². The molecule has 2 atom stereocenters. The Morgan fingerprint density at radius 2 is 2.11 bits per heavy atom. The number of rotatable bonds is 6. The smallest absolute Gasteiger partial charge is 0.0138 e. The Morgan fingerprint density at radius 3 is 2.67 bits per heavy atom. The number of hydrogen-bond acceptors (Lipinski definition) is 1. The molecule has 0 bridgehead atoms. The van der Waals surface area contributed by atoms with Crippen LogP contribution in [0.4, 0.5) is 0 Å². The lowest BCUT2D eigenvalue weighted by Gasteiger charge is -2.36. The van der Waals surface area contributed by atoms with E-state index < -0.39 is 0 Å². The number of hydrogen-bond donors (Lipinski definition) is 1. The molecule has 1 nitrogen and oxygen atoms in total. The fourth-order valence-electron chi connectivity index (χ4n) is 3.06. The Labute approximate surface area is 114 Å². The zero-order valence-electron chi connectivity index (χ0n) is 12.8. The molecule has 1 heteroatoms. The average Bonchev–Trinajstić information content (AvgIpc) is 2.35. The van der Waals surface area contributed by atoms with Gasteiger partial charge in [0.25, 0.3) is 0 Å². The minimum Gasteiger partial charge on any atom is -0.313 e. The summed E-state index contributed by atoms with van der Waals surface area (Å²) in [4.78, 5) is 0. The van der Waals surface area contributed by atoms with Gasteiger partial charge in [0.1, 0.15) is 0 Å². The molecule has 0 spiro atoms. The van der Waals surface area contributed by atoms with Crippen molar-refractivity contribution in [2.24, 2.45) is 11.8 Å². The molecule has 0 saturated carbocycles. The molecule has 0 aliphatic carbocycles. The minimum absolute atomic E-state index is 0.653. The van der Waals surface area contributed by atoms with Crippen molar-refractivity contribution < 1.29 is 0 Å². The van der Waals surface area contributed by atoms with Crippen LogP contribution < -0.4 is 5.32 Å². The summed E-state index contributed by atoms with van der Waals surface area (Å²) < 4.78 is 0. The van der Waals surface area contributed by atoms with Crippen LogP contribution in [0.3, 0.4) is 0 Å². The van der Waals surface area contributed by atoms with Crippen molar-refractivity contribution >= 4 is 0 Å². The maximum atomic E-state index is 4.28. The third-order valence-electron chi connectivity index (χ3n) is 3.97. The van der Waals surface area contributed by atoms with Gasteiger partial charge in [-0.05, 0) is 56.1 Å². The number of allylic oxidation sites excluding steroid dienone is 2. The molecule has 1 heterocycles. The van der Waals surface area contributed by atoms with Gasteiger partial charge in [0.2, 0.25) is 0 Å². The first-order chi connectivity index (χ1) is 8.60. The van der Waals surface area contributed by atoms with E-state index in [2.05, 4.69) is 45.7 Å².